The molecule has 0 spiro atoms. The summed E-state index contributed by atoms with van der Waals surface area (Å²) in [6.45, 7) is 7.60. The molecule has 0 radical (unpaired) electrons. The fourth-order valence-electron chi connectivity index (χ4n) is 3.05. The lowest BCUT2D eigenvalue weighted by molar-refractivity contribution is -0.443. The molecule has 0 N–H and O–H groups in total. The van der Waals surface area contributed by atoms with Crippen molar-refractivity contribution in [2.75, 3.05) is 27.4 Å². The van der Waals surface area contributed by atoms with Crippen molar-refractivity contribution in [3.8, 4) is 0 Å². The Morgan fingerprint density at radius 2 is 1.75 bits per heavy atom. The van der Waals surface area contributed by atoms with Crippen LogP contribution in [0, 0.1) is 0 Å². The van der Waals surface area contributed by atoms with Gasteiger partial charge in [0.25, 0.3) is 0 Å². The van der Waals surface area contributed by atoms with Gasteiger partial charge in [-0.1, -0.05) is 24.3 Å². The summed E-state index contributed by atoms with van der Waals surface area (Å²) >= 11 is 0. The van der Waals surface area contributed by atoms with Gasteiger partial charge in [-0.05, 0) is 33.1 Å². The maximum atomic E-state index is 12.7. The predicted molar refractivity (Wildman–Crippen MR) is 99.2 cm³/mol. The minimum atomic E-state index is -1.38. The van der Waals surface area contributed by atoms with Gasteiger partial charge in [0.2, 0.25) is 11.6 Å². The van der Waals surface area contributed by atoms with E-state index in [0.29, 0.717) is 19.3 Å². The second kappa shape index (κ2) is 9.65. The van der Waals surface area contributed by atoms with E-state index < -0.39 is 35.7 Å². The maximum absolute atomic E-state index is 12.7. The van der Waals surface area contributed by atoms with Gasteiger partial charge in [0.1, 0.15) is 6.10 Å². The Bertz CT molecular complexity index is 615. The van der Waals surface area contributed by atoms with Crippen molar-refractivity contribution in [2.45, 2.75) is 63.3 Å². The molecule has 1 fully saturated rings. The SMILES string of the molecule is C=C1/C=C\CCOC(=O)C[C@@H]2O[C@@](C)(OC)[C@](C)(OC)O[C@H]2C(=O)OCCC1. The van der Waals surface area contributed by atoms with Crippen molar-refractivity contribution in [1.29, 1.82) is 0 Å². The molecule has 0 unspecified atom stereocenters. The zero-order valence-corrected chi connectivity index (χ0v) is 17.0. The van der Waals surface area contributed by atoms with E-state index in [9.17, 15) is 9.59 Å². The van der Waals surface area contributed by atoms with Gasteiger partial charge >= 0.3 is 11.9 Å². The summed E-state index contributed by atoms with van der Waals surface area (Å²) in [6, 6.07) is 0. The van der Waals surface area contributed by atoms with Gasteiger partial charge < -0.3 is 28.4 Å². The number of cyclic esters (lactones) is 2. The molecule has 28 heavy (non-hydrogen) atoms. The summed E-state index contributed by atoms with van der Waals surface area (Å²) in [4.78, 5) is 24.9. The van der Waals surface area contributed by atoms with Crippen LogP contribution in [-0.2, 0) is 38.0 Å². The Morgan fingerprint density at radius 3 is 2.43 bits per heavy atom. The van der Waals surface area contributed by atoms with E-state index in [-0.39, 0.29) is 19.6 Å². The Balaban J connectivity index is 2.23. The third kappa shape index (κ3) is 5.20. The van der Waals surface area contributed by atoms with Crippen molar-refractivity contribution < 1.29 is 38.0 Å². The summed E-state index contributed by atoms with van der Waals surface area (Å²) in [5.41, 5.74) is 0.912. The Kier molecular flexibility index (Phi) is 7.77. The third-order valence-electron chi connectivity index (χ3n) is 5.06. The van der Waals surface area contributed by atoms with Crippen molar-refractivity contribution in [3.63, 3.8) is 0 Å². The molecule has 8 nitrogen and oxygen atoms in total. The van der Waals surface area contributed by atoms with Crippen LogP contribution in [0.1, 0.15) is 39.5 Å². The number of methoxy groups -OCH3 is 2. The lowest BCUT2D eigenvalue weighted by Gasteiger charge is -2.51. The van der Waals surface area contributed by atoms with Gasteiger partial charge in [0.05, 0.1) is 19.6 Å². The predicted octanol–water partition coefficient (Wildman–Crippen LogP) is 2.27. The first kappa shape index (κ1) is 22.5. The number of ether oxygens (including phenoxy) is 6. The molecular formula is C20H30O8. The zero-order valence-electron chi connectivity index (χ0n) is 17.0. The number of hydrogen-bond acceptors (Lipinski definition) is 8. The van der Waals surface area contributed by atoms with Gasteiger partial charge in [-0.25, -0.2) is 4.79 Å². The van der Waals surface area contributed by atoms with Crippen molar-refractivity contribution in [2.24, 2.45) is 0 Å². The third-order valence-corrected chi connectivity index (χ3v) is 5.06. The molecule has 0 saturated carbocycles. The molecule has 2 aliphatic rings. The summed E-state index contributed by atoms with van der Waals surface area (Å²) in [7, 11) is 2.86. The van der Waals surface area contributed by atoms with E-state index in [1.807, 2.05) is 12.2 Å². The first-order valence-corrected chi connectivity index (χ1v) is 9.37. The van der Waals surface area contributed by atoms with Crippen LogP contribution in [0.3, 0.4) is 0 Å². The van der Waals surface area contributed by atoms with Crippen LogP contribution in [0.4, 0.5) is 0 Å². The van der Waals surface area contributed by atoms with Crippen LogP contribution in [0.25, 0.3) is 0 Å². The zero-order chi connectivity index (χ0) is 20.8. The Hall–Kier alpha value is -1.74. The maximum Gasteiger partial charge on any atom is 0.338 e. The standard InChI is InChI=1S/C20H30O8/c1-14-9-6-7-11-25-16(21)13-15-17(18(22)26-12-8-10-14)28-20(3,24-5)19(2,23-4)27-15/h6,9,15,17H,1,7-8,10-13H2,2-5H3/b9-6-/t15-,17+,19+,20+/m0/s1. The molecule has 2 heterocycles. The largest absolute Gasteiger partial charge is 0.465 e. The van der Waals surface area contributed by atoms with E-state index in [0.717, 1.165) is 5.57 Å². The highest BCUT2D eigenvalue weighted by Crippen LogP contribution is 2.40. The number of carbonyl (C=O) groups is 2. The molecule has 2 aliphatic heterocycles. The number of rotatable bonds is 2. The first-order chi connectivity index (χ1) is 13.2. The highest BCUT2D eigenvalue weighted by Gasteiger charge is 2.59. The summed E-state index contributed by atoms with van der Waals surface area (Å²) in [6.07, 6.45) is 3.38. The van der Waals surface area contributed by atoms with Crippen LogP contribution in [-0.4, -0.2) is 63.2 Å². The molecule has 0 aromatic heterocycles. The topological polar surface area (TPSA) is 89.5 Å². The van der Waals surface area contributed by atoms with Crippen molar-refractivity contribution >= 4 is 11.9 Å². The Labute approximate surface area is 165 Å². The molecule has 0 aliphatic carbocycles. The molecule has 0 amide bonds. The van der Waals surface area contributed by atoms with E-state index in [2.05, 4.69) is 6.58 Å². The van der Waals surface area contributed by atoms with Gasteiger partial charge in [-0.15, -0.1) is 0 Å². The lowest BCUT2D eigenvalue weighted by atomic mass is 10.0. The molecule has 2 rings (SSSR count). The number of allylic oxidation sites excluding steroid dienone is 2. The van der Waals surface area contributed by atoms with E-state index >= 15 is 0 Å². The molecule has 158 valence electrons. The fourth-order valence-corrected chi connectivity index (χ4v) is 3.05. The average molecular weight is 398 g/mol. The van der Waals surface area contributed by atoms with E-state index in [4.69, 9.17) is 28.4 Å². The molecule has 0 bridgehead atoms. The van der Waals surface area contributed by atoms with E-state index in [1.54, 1.807) is 13.8 Å². The van der Waals surface area contributed by atoms with Gasteiger partial charge in [-0.2, -0.15) is 0 Å². The van der Waals surface area contributed by atoms with Gasteiger partial charge in [0, 0.05) is 14.2 Å². The van der Waals surface area contributed by atoms with Crippen LogP contribution < -0.4 is 0 Å². The van der Waals surface area contributed by atoms with Gasteiger partial charge in [-0.3, -0.25) is 4.79 Å². The quantitative estimate of drug-likeness (QED) is 0.655. The van der Waals surface area contributed by atoms with Crippen LogP contribution in [0.5, 0.6) is 0 Å². The normalized spacial score (nSPS) is 37.1. The second-order valence-corrected chi connectivity index (χ2v) is 7.04. The minimum Gasteiger partial charge on any atom is -0.465 e. The molecule has 0 aromatic carbocycles. The molecular weight excluding hydrogens is 368 g/mol. The number of hydrogen-bond donors (Lipinski definition) is 0. The second-order valence-electron chi connectivity index (χ2n) is 7.04. The highest BCUT2D eigenvalue weighted by atomic mass is 16.8. The molecule has 4 atom stereocenters. The number of esters is 2. The molecule has 0 aromatic rings. The Morgan fingerprint density at radius 1 is 1.07 bits per heavy atom. The fraction of sp³-hybridized carbons (Fsp3) is 0.700. The number of fused-ring (bicyclic) bond motifs is 1. The van der Waals surface area contributed by atoms with Gasteiger partial charge in [0.15, 0.2) is 6.10 Å². The first-order valence-electron chi connectivity index (χ1n) is 9.37. The van der Waals surface area contributed by atoms with Crippen molar-refractivity contribution in [3.05, 3.63) is 24.3 Å². The molecule has 1 saturated heterocycles. The average Bonchev–Trinajstić information content (AvgIpc) is 2.67. The van der Waals surface area contributed by atoms with Crippen LogP contribution >= 0.6 is 0 Å². The van der Waals surface area contributed by atoms with E-state index in [1.165, 1.54) is 14.2 Å². The van der Waals surface area contributed by atoms with Crippen molar-refractivity contribution in [1.82, 2.24) is 0 Å². The van der Waals surface area contributed by atoms with Crippen LogP contribution in [0.2, 0.25) is 0 Å². The smallest absolute Gasteiger partial charge is 0.338 e. The van der Waals surface area contributed by atoms with Crippen LogP contribution in [0.15, 0.2) is 24.3 Å². The minimum absolute atomic E-state index is 0.186. The summed E-state index contributed by atoms with van der Waals surface area (Å²) < 4.78 is 33.4. The monoisotopic (exact) mass is 398 g/mol. The summed E-state index contributed by atoms with van der Waals surface area (Å²) in [5, 5.41) is 0. The lowest BCUT2D eigenvalue weighted by Crippen LogP contribution is -2.67. The highest BCUT2D eigenvalue weighted by molar-refractivity contribution is 5.78. The summed E-state index contributed by atoms with van der Waals surface area (Å²) in [5.74, 6) is -3.86. The molecule has 8 heteroatoms. The number of carbonyl (C=O) groups excluding carboxylic acids is 2.